The fourth-order valence-electron chi connectivity index (χ4n) is 1.30. The Labute approximate surface area is 103 Å². The first-order valence-corrected chi connectivity index (χ1v) is 6.35. The fraction of sp³-hybridized carbons (Fsp3) is 0.500. The van der Waals surface area contributed by atoms with Gasteiger partial charge >= 0.3 is 0 Å². The number of nitrogens with one attached hydrogen (secondary N) is 2. The minimum atomic E-state index is 0.186. The summed E-state index contributed by atoms with van der Waals surface area (Å²) in [7, 11) is 1.78. The van der Waals surface area contributed by atoms with Gasteiger partial charge in [-0.15, -0.1) is 11.8 Å². The summed E-state index contributed by atoms with van der Waals surface area (Å²) in [5.41, 5.74) is 0.725. The summed E-state index contributed by atoms with van der Waals surface area (Å²) >= 11 is 1.61. The van der Waals surface area contributed by atoms with Crippen LogP contribution in [0.1, 0.15) is 6.92 Å². The minimum absolute atomic E-state index is 0.186. The zero-order chi connectivity index (χ0) is 12.3. The average Bonchev–Trinajstić information content (AvgIpc) is 2.83. The molecular formula is C10H15N5OS. The number of rotatable bonds is 5. The second-order valence-electron chi connectivity index (χ2n) is 3.83. The van der Waals surface area contributed by atoms with Crippen molar-refractivity contribution >= 4 is 28.7 Å². The second-order valence-corrected chi connectivity index (χ2v) is 4.84. The number of hydrogen-bond donors (Lipinski definition) is 3. The number of aliphatic hydroxyl groups excluding tert-OH is 1. The smallest absolute Gasteiger partial charge is 0.225 e. The number of hydrogen-bond acceptors (Lipinski definition) is 6. The number of aliphatic hydroxyl groups is 1. The van der Waals surface area contributed by atoms with Crippen LogP contribution in [-0.4, -0.2) is 44.7 Å². The lowest BCUT2D eigenvalue weighted by Crippen LogP contribution is -2.04. The number of nitrogens with zero attached hydrogens (tertiary/aromatic N) is 3. The predicted octanol–water partition coefficient (Wildman–Crippen LogP) is 1.12. The van der Waals surface area contributed by atoms with Gasteiger partial charge in [0.25, 0.3) is 0 Å². The van der Waals surface area contributed by atoms with Gasteiger partial charge in [-0.25, -0.2) is 4.98 Å². The van der Waals surface area contributed by atoms with E-state index in [1.54, 1.807) is 25.0 Å². The third-order valence-electron chi connectivity index (χ3n) is 2.31. The van der Waals surface area contributed by atoms with E-state index in [0.29, 0.717) is 5.95 Å². The molecule has 0 spiro atoms. The highest BCUT2D eigenvalue weighted by molar-refractivity contribution is 7.99. The van der Waals surface area contributed by atoms with Crippen LogP contribution in [0.4, 0.5) is 5.95 Å². The van der Waals surface area contributed by atoms with Gasteiger partial charge in [0.15, 0.2) is 5.65 Å². The predicted molar refractivity (Wildman–Crippen MR) is 68.2 cm³/mol. The highest BCUT2D eigenvalue weighted by Gasteiger charge is 2.10. The molecule has 0 aliphatic rings. The van der Waals surface area contributed by atoms with Crippen LogP contribution < -0.4 is 5.32 Å². The van der Waals surface area contributed by atoms with Crippen LogP contribution in [0.2, 0.25) is 0 Å². The maximum atomic E-state index is 9.01. The molecule has 0 saturated carbocycles. The molecule has 1 unspecified atom stereocenters. The zero-order valence-electron chi connectivity index (χ0n) is 9.77. The van der Waals surface area contributed by atoms with E-state index >= 15 is 0 Å². The normalized spacial score (nSPS) is 12.9. The molecule has 2 aromatic rings. The summed E-state index contributed by atoms with van der Waals surface area (Å²) in [6, 6.07) is 0. The van der Waals surface area contributed by atoms with Gasteiger partial charge in [0.05, 0.1) is 11.6 Å². The molecule has 6 nitrogen and oxygen atoms in total. The molecule has 0 aliphatic carbocycles. The largest absolute Gasteiger partial charge is 0.396 e. The Kier molecular flexibility index (Phi) is 3.80. The van der Waals surface area contributed by atoms with Crippen molar-refractivity contribution in [1.29, 1.82) is 0 Å². The molecule has 0 saturated heterocycles. The molecule has 17 heavy (non-hydrogen) atoms. The highest BCUT2D eigenvalue weighted by atomic mass is 32.2. The molecule has 1 atom stereocenters. The van der Waals surface area contributed by atoms with Gasteiger partial charge in [-0.1, -0.05) is 6.92 Å². The van der Waals surface area contributed by atoms with Crippen molar-refractivity contribution in [2.24, 2.45) is 5.92 Å². The number of aromatic amines is 1. The topological polar surface area (TPSA) is 86.7 Å². The maximum absolute atomic E-state index is 9.01. The van der Waals surface area contributed by atoms with Gasteiger partial charge in [0, 0.05) is 19.4 Å². The van der Waals surface area contributed by atoms with E-state index in [4.69, 9.17) is 5.11 Å². The van der Waals surface area contributed by atoms with Gasteiger partial charge in [0.2, 0.25) is 5.95 Å². The third-order valence-corrected chi connectivity index (χ3v) is 3.63. The van der Waals surface area contributed by atoms with E-state index in [9.17, 15) is 0 Å². The number of fused-ring (bicyclic) bond motifs is 1. The third kappa shape index (κ3) is 2.67. The van der Waals surface area contributed by atoms with E-state index < -0.39 is 0 Å². The monoisotopic (exact) mass is 253 g/mol. The average molecular weight is 253 g/mol. The van der Waals surface area contributed by atoms with Crippen LogP contribution in [-0.2, 0) is 0 Å². The molecule has 0 amide bonds. The Morgan fingerprint density at radius 2 is 2.35 bits per heavy atom. The molecule has 2 aromatic heterocycles. The first-order chi connectivity index (χ1) is 8.24. The minimum Gasteiger partial charge on any atom is -0.396 e. The Hall–Kier alpha value is -1.34. The summed E-state index contributed by atoms with van der Waals surface area (Å²) in [6.45, 7) is 2.19. The van der Waals surface area contributed by atoms with Crippen LogP contribution >= 0.6 is 11.8 Å². The Balaban J connectivity index is 2.27. The van der Waals surface area contributed by atoms with Crippen LogP contribution in [0.5, 0.6) is 0 Å². The van der Waals surface area contributed by atoms with Crippen molar-refractivity contribution in [3.05, 3.63) is 6.20 Å². The van der Waals surface area contributed by atoms with E-state index in [0.717, 1.165) is 21.8 Å². The van der Waals surface area contributed by atoms with Crippen LogP contribution in [0.15, 0.2) is 11.2 Å². The van der Waals surface area contributed by atoms with Gasteiger partial charge in [-0.2, -0.15) is 10.1 Å². The van der Waals surface area contributed by atoms with Crippen LogP contribution in [0.3, 0.4) is 0 Å². The Morgan fingerprint density at radius 3 is 3.06 bits per heavy atom. The first kappa shape index (κ1) is 12.1. The van der Waals surface area contributed by atoms with Crippen LogP contribution in [0.25, 0.3) is 11.0 Å². The summed E-state index contributed by atoms with van der Waals surface area (Å²) in [6.07, 6.45) is 1.72. The number of thioether (sulfide) groups is 1. The zero-order valence-corrected chi connectivity index (χ0v) is 10.6. The molecule has 0 bridgehead atoms. The van der Waals surface area contributed by atoms with Crippen molar-refractivity contribution in [2.45, 2.75) is 11.9 Å². The van der Waals surface area contributed by atoms with Crippen molar-refractivity contribution < 1.29 is 5.11 Å². The number of aromatic nitrogens is 4. The van der Waals surface area contributed by atoms with E-state index in [1.807, 2.05) is 6.92 Å². The van der Waals surface area contributed by atoms with E-state index in [1.165, 1.54) is 0 Å². The van der Waals surface area contributed by atoms with Gasteiger partial charge in [-0.3, -0.25) is 5.10 Å². The fourth-order valence-corrected chi connectivity index (χ4v) is 2.31. The molecule has 2 rings (SSSR count). The van der Waals surface area contributed by atoms with E-state index in [2.05, 4.69) is 25.5 Å². The van der Waals surface area contributed by atoms with Crippen LogP contribution in [0, 0.1) is 5.92 Å². The molecule has 7 heteroatoms. The summed E-state index contributed by atoms with van der Waals surface area (Å²) in [5.74, 6) is 1.63. The second kappa shape index (κ2) is 5.33. The molecule has 0 aromatic carbocycles. The molecule has 0 radical (unpaired) electrons. The summed E-state index contributed by atoms with van der Waals surface area (Å²) in [5, 5.41) is 20.5. The van der Waals surface area contributed by atoms with Gasteiger partial charge < -0.3 is 10.4 Å². The lowest BCUT2D eigenvalue weighted by atomic mass is 10.2. The molecular weight excluding hydrogens is 238 g/mol. The molecule has 3 N–H and O–H groups in total. The maximum Gasteiger partial charge on any atom is 0.225 e. The Morgan fingerprint density at radius 1 is 1.53 bits per heavy atom. The number of anilines is 1. The highest BCUT2D eigenvalue weighted by Crippen LogP contribution is 2.26. The van der Waals surface area contributed by atoms with Gasteiger partial charge in [0.1, 0.15) is 5.03 Å². The molecule has 92 valence electrons. The molecule has 0 aliphatic heterocycles. The van der Waals surface area contributed by atoms with Crippen molar-refractivity contribution in [2.75, 3.05) is 24.7 Å². The SMILES string of the molecule is CNc1nc(SCC(C)CO)c2cn[nH]c2n1. The molecule has 2 heterocycles. The first-order valence-electron chi connectivity index (χ1n) is 5.37. The summed E-state index contributed by atoms with van der Waals surface area (Å²) < 4.78 is 0. The lowest BCUT2D eigenvalue weighted by Gasteiger charge is -2.08. The molecule has 0 fully saturated rings. The van der Waals surface area contributed by atoms with Crippen molar-refractivity contribution in [1.82, 2.24) is 20.2 Å². The number of H-pyrrole nitrogens is 1. The Bertz CT molecular complexity index is 500. The van der Waals surface area contributed by atoms with E-state index in [-0.39, 0.29) is 12.5 Å². The quantitative estimate of drug-likeness (QED) is 0.546. The lowest BCUT2D eigenvalue weighted by molar-refractivity contribution is 0.250. The van der Waals surface area contributed by atoms with Crippen molar-refractivity contribution in [3.63, 3.8) is 0 Å². The van der Waals surface area contributed by atoms with Gasteiger partial charge in [-0.05, 0) is 5.92 Å². The standard InChI is InChI=1S/C10H15N5OS/c1-6(4-16)5-17-9-7-3-12-15-8(7)13-10(11-2)14-9/h3,6,16H,4-5H2,1-2H3,(H2,11,12,13,14,15). The summed E-state index contributed by atoms with van der Waals surface area (Å²) in [4.78, 5) is 8.66. The van der Waals surface area contributed by atoms with Crippen molar-refractivity contribution in [3.8, 4) is 0 Å².